The zero-order valence-electron chi connectivity index (χ0n) is 18.5. The van der Waals surface area contributed by atoms with Crippen LogP contribution in [0.25, 0.3) is 21.7 Å². The average molecular weight is 445 g/mol. The zero-order valence-corrected chi connectivity index (χ0v) is 18.5. The van der Waals surface area contributed by atoms with E-state index in [9.17, 15) is 9.59 Å². The Hall–Kier alpha value is -3.64. The van der Waals surface area contributed by atoms with Gasteiger partial charge in [-0.15, -0.1) is 0 Å². The number of hydrogen-bond acceptors (Lipinski definition) is 4. The number of carbonyl (C=O) groups is 2. The maximum absolute atomic E-state index is 13.4. The van der Waals surface area contributed by atoms with E-state index in [1.807, 2.05) is 41.3 Å². The van der Waals surface area contributed by atoms with E-state index in [2.05, 4.69) is 30.3 Å². The van der Waals surface area contributed by atoms with Gasteiger partial charge < -0.3 is 9.32 Å². The second-order valence-corrected chi connectivity index (χ2v) is 8.17. The highest BCUT2D eigenvalue weighted by molar-refractivity contribution is 5.96. The molecule has 4 rings (SSSR count). The second-order valence-electron chi connectivity index (χ2n) is 8.17. The first kappa shape index (κ1) is 22.6. The molecule has 2 amide bonds. The van der Waals surface area contributed by atoms with Crippen LogP contribution in [-0.2, 0) is 11.2 Å². The van der Waals surface area contributed by atoms with Crippen molar-refractivity contribution >= 4 is 33.6 Å². The Morgan fingerprint density at radius 2 is 1.61 bits per heavy atom. The van der Waals surface area contributed by atoms with Gasteiger partial charge in [-0.2, -0.15) is 0 Å². The van der Waals surface area contributed by atoms with Crippen molar-refractivity contribution in [3.05, 3.63) is 84.1 Å². The number of furan rings is 1. The van der Waals surface area contributed by atoms with Gasteiger partial charge in [-0.05, 0) is 47.7 Å². The molecule has 33 heavy (non-hydrogen) atoms. The number of benzene rings is 3. The van der Waals surface area contributed by atoms with Crippen molar-refractivity contribution in [2.45, 2.75) is 32.1 Å². The van der Waals surface area contributed by atoms with Crippen LogP contribution in [0, 0.1) is 0 Å². The largest absolute Gasteiger partial charge is 0.451 e. The van der Waals surface area contributed by atoms with Crippen LogP contribution in [0.4, 0.5) is 0 Å². The van der Waals surface area contributed by atoms with E-state index < -0.39 is 0 Å². The molecule has 3 aromatic carbocycles. The number of hydrogen-bond donors (Lipinski definition) is 2. The number of carbonyl (C=O) groups excluding carboxylic acids is 2. The summed E-state index contributed by atoms with van der Waals surface area (Å²) < 4.78 is 5.83. The smallest absolute Gasteiger partial charge is 0.289 e. The number of unbranched alkanes of at least 4 members (excludes halogenated alkanes) is 2. The number of rotatable bonds is 10. The summed E-state index contributed by atoms with van der Waals surface area (Å²) in [4.78, 5) is 26.4. The van der Waals surface area contributed by atoms with Crippen molar-refractivity contribution < 1.29 is 19.2 Å². The molecular formula is C27H28N2O4. The van der Waals surface area contributed by atoms with E-state index in [4.69, 9.17) is 9.62 Å². The lowest BCUT2D eigenvalue weighted by molar-refractivity contribution is -0.129. The summed E-state index contributed by atoms with van der Waals surface area (Å²) in [6.07, 6.45) is 3.21. The minimum Gasteiger partial charge on any atom is -0.451 e. The van der Waals surface area contributed by atoms with Crippen LogP contribution >= 0.6 is 0 Å². The predicted octanol–water partition coefficient (Wildman–Crippen LogP) is 5.34. The number of hydroxylamine groups is 1. The fourth-order valence-corrected chi connectivity index (χ4v) is 4.14. The minimum atomic E-state index is -0.388. The summed E-state index contributed by atoms with van der Waals surface area (Å²) in [7, 11) is 0. The Kier molecular flexibility index (Phi) is 7.37. The zero-order chi connectivity index (χ0) is 23.0. The fraction of sp³-hybridized carbons (Fsp3) is 0.259. The molecule has 6 nitrogen and oxygen atoms in total. The van der Waals surface area contributed by atoms with Crippen LogP contribution in [-0.4, -0.2) is 35.0 Å². The molecule has 0 aliphatic heterocycles. The van der Waals surface area contributed by atoms with Gasteiger partial charge in [0.25, 0.3) is 5.91 Å². The van der Waals surface area contributed by atoms with Crippen molar-refractivity contribution in [2.75, 3.05) is 13.1 Å². The third kappa shape index (κ3) is 5.59. The van der Waals surface area contributed by atoms with Gasteiger partial charge in [0.1, 0.15) is 5.58 Å². The highest BCUT2D eigenvalue weighted by Crippen LogP contribution is 2.22. The van der Waals surface area contributed by atoms with Crippen molar-refractivity contribution in [1.29, 1.82) is 0 Å². The highest BCUT2D eigenvalue weighted by Gasteiger charge is 2.20. The molecule has 1 heterocycles. The number of para-hydroxylation sites is 1. The summed E-state index contributed by atoms with van der Waals surface area (Å²) in [5.74, 6) is -0.172. The summed E-state index contributed by atoms with van der Waals surface area (Å²) in [6, 6.07) is 23.9. The Labute approximate surface area is 192 Å². The van der Waals surface area contributed by atoms with Crippen LogP contribution in [0.1, 0.15) is 41.8 Å². The van der Waals surface area contributed by atoms with Gasteiger partial charge in [0.05, 0.1) is 0 Å². The summed E-state index contributed by atoms with van der Waals surface area (Å²) in [6.45, 7) is 1.14. The Balaban J connectivity index is 1.47. The molecule has 0 unspecified atom stereocenters. The number of nitrogens with zero attached hydrogens (tertiary/aromatic N) is 1. The second kappa shape index (κ2) is 10.8. The normalized spacial score (nSPS) is 11.1. The summed E-state index contributed by atoms with van der Waals surface area (Å²) in [5, 5.41) is 11.9. The van der Waals surface area contributed by atoms with Gasteiger partial charge >= 0.3 is 0 Å². The molecule has 170 valence electrons. The van der Waals surface area contributed by atoms with Crippen molar-refractivity contribution in [1.82, 2.24) is 10.4 Å². The molecule has 1 aromatic heterocycles. The molecule has 0 radical (unpaired) electrons. The lowest BCUT2D eigenvalue weighted by Crippen LogP contribution is -2.33. The number of amides is 2. The molecule has 0 aliphatic rings. The Morgan fingerprint density at radius 1 is 0.848 bits per heavy atom. The van der Waals surface area contributed by atoms with Gasteiger partial charge in [0, 0.05) is 24.9 Å². The monoisotopic (exact) mass is 444 g/mol. The molecule has 0 saturated carbocycles. The lowest BCUT2D eigenvalue weighted by atomic mass is 10.0. The quantitative estimate of drug-likeness (QED) is 0.197. The van der Waals surface area contributed by atoms with Crippen LogP contribution in [0.2, 0.25) is 0 Å². The average Bonchev–Trinajstić information content (AvgIpc) is 3.29. The van der Waals surface area contributed by atoms with E-state index in [-0.39, 0.29) is 18.2 Å². The lowest BCUT2D eigenvalue weighted by Gasteiger charge is -2.22. The van der Waals surface area contributed by atoms with Gasteiger partial charge in [-0.25, -0.2) is 5.48 Å². The SMILES string of the molecule is O=C(CCCCCN(CCc1cccc2ccccc12)C(=O)c1cc2ccccc2o1)NO. The molecule has 2 N–H and O–H groups in total. The summed E-state index contributed by atoms with van der Waals surface area (Å²) in [5.41, 5.74) is 3.56. The summed E-state index contributed by atoms with van der Waals surface area (Å²) >= 11 is 0. The third-order valence-electron chi connectivity index (χ3n) is 5.91. The molecule has 0 bridgehead atoms. The van der Waals surface area contributed by atoms with Crippen LogP contribution < -0.4 is 5.48 Å². The Morgan fingerprint density at radius 3 is 2.42 bits per heavy atom. The van der Waals surface area contributed by atoms with Crippen molar-refractivity contribution in [2.24, 2.45) is 0 Å². The number of fused-ring (bicyclic) bond motifs is 2. The first-order valence-corrected chi connectivity index (χ1v) is 11.3. The molecule has 0 fully saturated rings. The molecule has 6 heteroatoms. The van der Waals surface area contributed by atoms with E-state index >= 15 is 0 Å². The third-order valence-corrected chi connectivity index (χ3v) is 5.91. The highest BCUT2D eigenvalue weighted by atomic mass is 16.5. The molecule has 0 saturated heterocycles. The van der Waals surface area contributed by atoms with Crippen LogP contribution in [0.5, 0.6) is 0 Å². The maximum atomic E-state index is 13.4. The van der Waals surface area contributed by atoms with E-state index in [1.54, 1.807) is 11.5 Å². The predicted molar refractivity (Wildman–Crippen MR) is 128 cm³/mol. The first-order valence-electron chi connectivity index (χ1n) is 11.3. The molecule has 0 aliphatic carbocycles. The van der Waals surface area contributed by atoms with Gasteiger partial charge in [-0.3, -0.25) is 14.8 Å². The molecule has 0 spiro atoms. The van der Waals surface area contributed by atoms with E-state index in [0.717, 1.165) is 24.6 Å². The number of nitrogens with one attached hydrogen (secondary N) is 1. The topological polar surface area (TPSA) is 82.8 Å². The van der Waals surface area contributed by atoms with Gasteiger partial charge in [-0.1, -0.05) is 67.1 Å². The van der Waals surface area contributed by atoms with Gasteiger partial charge in [0.2, 0.25) is 5.91 Å². The van der Waals surface area contributed by atoms with Gasteiger partial charge in [0.15, 0.2) is 5.76 Å². The van der Waals surface area contributed by atoms with Crippen molar-refractivity contribution in [3.8, 4) is 0 Å². The van der Waals surface area contributed by atoms with E-state index in [1.165, 1.54) is 16.3 Å². The molecular weight excluding hydrogens is 416 g/mol. The van der Waals surface area contributed by atoms with E-state index in [0.29, 0.717) is 30.9 Å². The first-order chi connectivity index (χ1) is 16.2. The molecule has 0 atom stereocenters. The maximum Gasteiger partial charge on any atom is 0.289 e. The fourth-order valence-electron chi connectivity index (χ4n) is 4.14. The standard InChI is InChI=1S/C27H28N2O4/c30-26(28-32)15-2-1-7-17-29(27(31)25-19-22-10-4-6-14-24(22)33-25)18-16-21-12-8-11-20-9-3-5-13-23(20)21/h3-6,8-14,19,32H,1-2,7,15-18H2,(H,28,30). The Bertz CT molecular complexity index is 1210. The van der Waals surface area contributed by atoms with Crippen LogP contribution in [0.15, 0.2) is 77.2 Å². The van der Waals surface area contributed by atoms with Crippen LogP contribution in [0.3, 0.4) is 0 Å². The van der Waals surface area contributed by atoms with Crippen molar-refractivity contribution in [3.63, 3.8) is 0 Å². The molecule has 4 aromatic rings. The minimum absolute atomic E-state index is 0.125.